The van der Waals surface area contributed by atoms with Crippen molar-refractivity contribution in [3.63, 3.8) is 0 Å². The maximum atomic E-state index is 3.14. The van der Waals surface area contributed by atoms with Gasteiger partial charge in [-0.3, -0.25) is 0 Å². The third kappa shape index (κ3) is 3.84. The van der Waals surface area contributed by atoms with Gasteiger partial charge in [-0.05, 0) is 16.6 Å². The van der Waals surface area contributed by atoms with E-state index in [1.807, 2.05) is 0 Å². The van der Waals surface area contributed by atoms with Gasteiger partial charge in [0.2, 0.25) is 0 Å². The molecule has 0 saturated carbocycles. The van der Waals surface area contributed by atoms with Crippen LogP contribution in [-0.2, 0) is 0 Å². The molecule has 1 rings (SSSR count). The van der Waals surface area contributed by atoms with E-state index in [4.69, 9.17) is 0 Å². The fourth-order valence-electron chi connectivity index (χ4n) is 3.68. The van der Waals surface area contributed by atoms with E-state index < -0.39 is 8.07 Å². The van der Waals surface area contributed by atoms with Gasteiger partial charge in [0.25, 0.3) is 0 Å². The number of hydrogen-bond donors (Lipinski definition) is 0. The molecule has 0 heterocycles. The summed E-state index contributed by atoms with van der Waals surface area (Å²) < 4.78 is 0. The summed E-state index contributed by atoms with van der Waals surface area (Å²) in [4.78, 5) is 0. The molecule has 0 amide bonds. The predicted molar refractivity (Wildman–Crippen MR) is 81.7 cm³/mol. The Bertz CT molecular complexity index is 301. The van der Waals surface area contributed by atoms with Crippen LogP contribution in [0.4, 0.5) is 0 Å². The zero-order valence-electron chi connectivity index (χ0n) is 12.6. The van der Waals surface area contributed by atoms with E-state index in [1.165, 1.54) is 0 Å². The van der Waals surface area contributed by atoms with Crippen molar-refractivity contribution in [3.8, 4) is 0 Å². The van der Waals surface area contributed by atoms with Crippen LogP contribution >= 0.6 is 0 Å². The number of benzene rings is 1. The average molecular weight is 338 g/mol. The Morgan fingerprint density at radius 2 is 1.17 bits per heavy atom. The molecule has 0 aliphatic heterocycles. The van der Waals surface area contributed by atoms with Gasteiger partial charge in [-0.1, -0.05) is 41.5 Å². The molecule has 0 aliphatic carbocycles. The topological polar surface area (TPSA) is 0 Å². The fourth-order valence-corrected chi connectivity index (χ4v) is 10.4. The second kappa shape index (κ2) is 8.77. The maximum absolute atomic E-state index is 3.14. The molecule has 0 nitrogen and oxygen atoms in total. The quantitative estimate of drug-likeness (QED) is 0.568. The normalized spacial score (nSPS) is 11.4. The summed E-state index contributed by atoms with van der Waals surface area (Å²) in [6.45, 7) is 14.4. The second-order valence-corrected chi connectivity index (χ2v) is 11.6. The first-order chi connectivity index (χ1) is 7.44. The Balaban J connectivity index is 0. The third-order valence-electron chi connectivity index (χ3n) is 4.08. The van der Waals surface area contributed by atoms with Crippen LogP contribution < -0.4 is 22.2 Å². The van der Waals surface area contributed by atoms with Gasteiger partial charge in [-0.2, -0.15) is 35.5 Å². The summed E-state index contributed by atoms with van der Waals surface area (Å²) in [6, 6.07) is 11.9. The average Bonchev–Trinajstić information content (AvgIpc) is 2.18. The summed E-state index contributed by atoms with van der Waals surface area (Å²) in [6.07, 6.45) is 0. The van der Waals surface area contributed by atoms with E-state index in [1.54, 1.807) is 5.19 Å². The van der Waals surface area contributed by atoms with E-state index in [0.717, 1.165) is 16.6 Å². The maximum Gasteiger partial charge on any atom is 2.00 e. The first-order valence-corrected chi connectivity index (χ1v) is 8.63. The molecule has 0 N–H and O–H groups in total. The molecule has 0 radical (unpaired) electrons. The van der Waals surface area contributed by atoms with Crippen LogP contribution in [-0.4, -0.2) is 31.1 Å². The van der Waals surface area contributed by atoms with Crippen LogP contribution in [0.3, 0.4) is 0 Å². The van der Waals surface area contributed by atoms with Gasteiger partial charge in [-0.25, -0.2) is 0 Å². The Morgan fingerprint density at radius 3 is 1.44 bits per heavy atom. The van der Waals surface area contributed by atoms with Gasteiger partial charge in [-0.15, -0.1) is 0 Å². The van der Waals surface area contributed by atoms with E-state index in [0.29, 0.717) is 0 Å². The van der Waals surface area contributed by atoms with Crippen molar-refractivity contribution in [2.45, 2.75) is 58.2 Å². The largest absolute Gasteiger partial charge is 2.00 e. The molecular weight excluding hydrogens is 312 g/mol. The molecular formula is C15H25BrMgSi. The van der Waals surface area contributed by atoms with Gasteiger partial charge in [0.1, 0.15) is 0 Å². The molecule has 1 aromatic carbocycles. The van der Waals surface area contributed by atoms with E-state index in [2.05, 4.69) is 71.9 Å². The molecule has 0 bridgehead atoms. The van der Waals surface area contributed by atoms with Crippen molar-refractivity contribution in [1.82, 2.24) is 0 Å². The van der Waals surface area contributed by atoms with Crippen LogP contribution in [0.25, 0.3) is 0 Å². The summed E-state index contributed by atoms with van der Waals surface area (Å²) in [7, 11) is -1.42. The fraction of sp³-hybridized carbons (Fsp3) is 0.600. The Kier molecular flexibility index (Phi) is 10.2. The second-order valence-electron chi connectivity index (χ2n) is 5.69. The molecule has 1 aromatic rings. The van der Waals surface area contributed by atoms with E-state index >= 15 is 0 Å². The van der Waals surface area contributed by atoms with Crippen molar-refractivity contribution in [1.29, 1.82) is 0 Å². The van der Waals surface area contributed by atoms with Gasteiger partial charge >= 0.3 is 23.1 Å². The van der Waals surface area contributed by atoms with Crippen LogP contribution in [0.1, 0.15) is 41.5 Å². The van der Waals surface area contributed by atoms with Crippen LogP contribution in [0.5, 0.6) is 0 Å². The summed E-state index contributed by atoms with van der Waals surface area (Å²) in [5.41, 5.74) is 2.36. The molecule has 0 spiro atoms. The number of rotatable bonds is 4. The molecule has 18 heavy (non-hydrogen) atoms. The molecule has 98 valence electrons. The summed E-state index contributed by atoms with van der Waals surface area (Å²) in [5.74, 6) is 0. The Morgan fingerprint density at radius 1 is 0.833 bits per heavy atom. The summed E-state index contributed by atoms with van der Waals surface area (Å²) in [5, 5.41) is 1.60. The molecule has 0 aliphatic rings. The Labute approximate surface area is 141 Å². The molecule has 0 atom stereocenters. The van der Waals surface area contributed by atoms with Crippen LogP contribution in [0.15, 0.2) is 24.3 Å². The third-order valence-corrected chi connectivity index (χ3v) is 11.1. The number of halogens is 1. The zero-order valence-corrected chi connectivity index (χ0v) is 16.6. The number of hydrogen-bond acceptors (Lipinski definition) is 0. The first-order valence-electron chi connectivity index (χ1n) is 6.40. The van der Waals surface area contributed by atoms with Crippen molar-refractivity contribution < 1.29 is 17.0 Å². The van der Waals surface area contributed by atoms with Crippen molar-refractivity contribution in [2.24, 2.45) is 0 Å². The van der Waals surface area contributed by atoms with Gasteiger partial charge < -0.3 is 17.0 Å². The van der Waals surface area contributed by atoms with Gasteiger partial charge in [0.15, 0.2) is 0 Å². The van der Waals surface area contributed by atoms with E-state index in [9.17, 15) is 0 Å². The minimum absolute atomic E-state index is 0. The monoisotopic (exact) mass is 336 g/mol. The zero-order chi connectivity index (χ0) is 12.3. The standard InChI is InChI=1S/C15H25Si.BrH.Mg/c1-12(2)16(13(3)4,14(5)6)15-10-8-7-9-11-15;;/h8-14H,1-6H3;1H;/q-1;;+2/p-1. The van der Waals surface area contributed by atoms with Crippen molar-refractivity contribution in [2.75, 3.05) is 0 Å². The molecule has 0 fully saturated rings. The smallest absolute Gasteiger partial charge is 1.00 e. The van der Waals surface area contributed by atoms with E-state index in [-0.39, 0.29) is 40.0 Å². The van der Waals surface area contributed by atoms with Crippen LogP contribution in [0.2, 0.25) is 16.6 Å². The predicted octanol–water partition coefficient (Wildman–Crippen LogP) is 0.996. The molecule has 0 saturated heterocycles. The molecule has 0 aromatic heterocycles. The van der Waals surface area contributed by atoms with Crippen LogP contribution in [0, 0.1) is 6.07 Å². The minimum Gasteiger partial charge on any atom is -1.00 e. The first kappa shape index (κ1) is 21.0. The van der Waals surface area contributed by atoms with Gasteiger partial charge in [0, 0.05) is 0 Å². The van der Waals surface area contributed by atoms with Gasteiger partial charge in [0.05, 0.1) is 8.07 Å². The summed E-state index contributed by atoms with van der Waals surface area (Å²) >= 11 is 0. The SMILES string of the molecule is CC(C)[Si](c1cc[c-]cc1)(C(C)C)C(C)C.[Br-].[Mg+2]. The minimum atomic E-state index is -1.42. The molecule has 0 unspecified atom stereocenters. The molecule has 3 heteroatoms. The Hall–Kier alpha value is 0.683. The van der Waals surface area contributed by atoms with Crippen molar-refractivity contribution >= 4 is 36.3 Å². The van der Waals surface area contributed by atoms with Crippen molar-refractivity contribution in [3.05, 3.63) is 30.3 Å².